The van der Waals surface area contributed by atoms with E-state index in [-0.39, 0.29) is 6.04 Å². The number of benzene rings is 1. The molecule has 0 amide bonds. The van der Waals surface area contributed by atoms with Crippen LogP contribution >= 0.6 is 0 Å². The molecular formula is C13H18N2. The van der Waals surface area contributed by atoms with E-state index in [1.807, 2.05) is 12.3 Å². The highest BCUT2D eigenvalue weighted by atomic mass is 14.7. The lowest BCUT2D eigenvalue weighted by Gasteiger charge is -2.13. The minimum absolute atomic E-state index is 0.140. The van der Waals surface area contributed by atoms with E-state index in [1.165, 1.54) is 16.5 Å². The summed E-state index contributed by atoms with van der Waals surface area (Å²) in [6, 6.07) is 8.45. The fraction of sp³-hybridized carbons (Fsp3) is 0.385. The fourth-order valence-electron chi connectivity index (χ4n) is 2.04. The third kappa shape index (κ3) is 2.05. The summed E-state index contributed by atoms with van der Waals surface area (Å²) in [5.41, 5.74) is 8.59. The van der Waals surface area contributed by atoms with Crippen molar-refractivity contribution in [2.75, 3.05) is 0 Å². The third-order valence-corrected chi connectivity index (χ3v) is 2.75. The highest BCUT2D eigenvalue weighted by Gasteiger charge is 2.12. The summed E-state index contributed by atoms with van der Waals surface area (Å²) in [5.74, 6) is 0.633. The molecule has 3 N–H and O–H groups in total. The molecule has 2 nitrogen and oxygen atoms in total. The molecule has 1 aromatic heterocycles. The molecule has 0 fully saturated rings. The third-order valence-electron chi connectivity index (χ3n) is 2.75. The number of H-pyrrole nitrogens is 1. The zero-order chi connectivity index (χ0) is 10.8. The van der Waals surface area contributed by atoms with Gasteiger partial charge in [0.25, 0.3) is 0 Å². The van der Waals surface area contributed by atoms with Crippen molar-refractivity contribution in [1.82, 2.24) is 4.98 Å². The molecule has 0 radical (unpaired) electrons. The van der Waals surface area contributed by atoms with Gasteiger partial charge in [0, 0.05) is 23.1 Å². The molecule has 0 aliphatic carbocycles. The second-order valence-electron chi connectivity index (χ2n) is 4.53. The molecule has 0 saturated carbocycles. The van der Waals surface area contributed by atoms with Crippen molar-refractivity contribution >= 4 is 10.9 Å². The predicted molar refractivity (Wildman–Crippen MR) is 64.7 cm³/mol. The lowest BCUT2D eigenvalue weighted by Crippen LogP contribution is -2.12. The monoisotopic (exact) mass is 202 g/mol. The number of para-hydroxylation sites is 1. The van der Waals surface area contributed by atoms with Crippen LogP contribution in [0, 0.1) is 5.92 Å². The maximum absolute atomic E-state index is 6.19. The number of nitrogens with two attached hydrogens (primary N) is 1. The van der Waals surface area contributed by atoms with Gasteiger partial charge in [-0.25, -0.2) is 0 Å². The Kier molecular flexibility index (Phi) is 2.78. The number of hydrogen-bond acceptors (Lipinski definition) is 1. The van der Waals surface area contributed by atoms with E-state index < -0.39 is 0 Å². The topological polar surface area (TPSA) is 41.8 Å². The van der Waals surface area contributed by atoms with Crippen LogP contribution in [0.2, 0.25) is 0 Å². The van der Waals surface area contributed by atoms with Crippen LogP contribution < -0.4 is 5.73 Å². The molecule has 2 heteroatoms. The molecule has 2 rings (SSSR count). The van der Waals surface area contributed by atoms with Gasteiger partial charge in [-0.1, -0.05) is 32.0 Å². The van der Waals surface area contributed by atoms with Crippen molar-refractivity contribution in [2.45, 2.75) is 26.3 Å². The minimum Gasteiger partial charge on any atom is -0.361 e. The average Bonchev–Trinajstić information content (AvgIpc) is 2.59. The zero-order valence-electron chi connectivity index (χ0n) is 9.33. The van der Waals surface area contributed by atoms with E-state index in [9.17, 15) is 0 Å². The molecule has 2 aromatic rings. The SMILES string of the molecule is CC(C)CC(N)c1c[nH]c2ccccc12. The number of nitrogens with one attached hydrogen (secondary N) is 1. The van der Waals surface area contributed by atoms with Gasteiger partial charge >= 0.3 is 0 Å². The zero-order valence-corrected chi connectivity index (χ0v) is 9.33. The van der Waals surface area contributed by atoms with Crippen LogP contribution in [0.25, 0.3) is 10.9 Å². The fourth-order valence-corrected chi connectivity index (χ4v) is 2.04. The molecule has 1 unspecified atom stereocenters. The molecular weight excluding hydrogens is 184 g/mol. The van der Waals surface area contributed by atoms with E-state index in [1.54, 1.807) is 0 Å². The molecule has 15 heavy (non-hydrogen) atoms. The smallest absolute Gasteiger partial charge is 0.0457 e. The Labute approximate surface area is 90.5 Å². The van der Waals surface area contributed by atoms with Crippen LogP contribution in [0.3, 0.4) is 0 Å². The summed E-state index contributed by atoms with van der Waals surface area (Å²) < 4.78 is 0. The summed E-state index contributed by atoms with van der Waals surface area (Å²) in [6.45, 7) is 4.41. The first-order valence-electron chi connectivity index (χ1n) is 5.50. The standard InChI is InChI=1S/C13H18N2/c1-9(2)7-12(14)11-8-15-13-6-4-3-5-10(11)13/h3-6,8-9,12,15H,7,14H2,1-2H3. The van der Waals surface area contributed by atoms with Gasteiger partial charge in [-0.05, 0) is 24.0 Å². The van der Waals surface area contributed by atoms with E-state index in [0.717, 1.165) is 6.42 Å². The quantitative estimate of drug-likeness (QED) is 0.788. The Morgan fingerprint density at radius 1 is 1.27 bits per heavy atom. The lowest BCUT2D eigenvalue weighted by atomic mass is 9.97. The maximum Gasteiger partial charge on any atom is 0.0457 e. The van der Waals surface area contributed by atoms with E-state index in [0.29, 0.717) is 5.92 Å². The Hall–Kier alpha value is -1.28. The molecule has 0 aliphatic rings. The number of fused-ring (bicyclic) bond motifs is 1. The maximum atomic E-state index is 6.19. The highest BCUT2D eigenvalue weighted by molar-refractivity contribution is 5.83. The molecule has 0 bridgehead atoms. The number of aromatic nitrogens is 1. The van der Waals surface area contributed by atoms with E-state index in [4.69, 9.17) is 5.73 Å². The van der Waals surface area contributed by atoms with Gasteiger partial charge in [-0.2, -0.15) is 0 Å². The lowest BCUT2D eigenvalue weighted by molar-refractivity contribution is 0.512. The summed E-state index contributed by atoms with van der Waals surface area (Å²) in [5, 5.41) is 1.26. The summed E-state index contributed by atoms with van der Waals surface area (Å²) >= 11 is 0. The van der Waals surface area contributed by atoms with Crippen LogP contribution in [0.1, 0.15) is 31.9 Å². The Morgan fingerprint density at radius 2 is 2.00 bits per heavy atom. The van der Waals surface area contributed by atoms with Crippen LogP contribution in [-0.2, 0) is 0 Å². The normalized spacial score (nSPS) is 13.6. The first-order valence-corrected chi connectivity index (χ1v) is 5.50. The second kappa shape index (κ2) is 4.07. The average molecular weight is 202 g/mol. The van der Waals surface area contributed by atoms with E-state index in [2.05, 4.69) is 37.0 Å². The van der Waals surface area contributed by atoms with Crippen molar-refractivity contribution < 1.29 is 0 Å². The number of rotatable bonds is 3. The van der Waals surface area contributed by atoms with E-state index >= 15 is 0 Å². The Morgan fingerprint density at radius 3 is 2.73 bits per heavy atom. The van der Waals surface area contributed by atoms with Gasteiger partial charge in [0.15, 0.2) is 0 Å². The van der Waals surface area contributed by atoms with Crippen molar-refractivity contribution in [1.29, 1.82) is 0 Å². The van der Waals surface area contributed by atoms with Gasteiger partial charge in [0.2, 0.25) is 0 Å². The van der Waals surface area contributed by atoms with Crippen molar-refractivity contribution in [3.63, 3.8) is 0 Å². The Balaban J connectivity index is 2.35. The second-order valence-corrected chi connectivity index (χ2v) is 4.53. The van der Waals surface area contributed by atoms with Crippen molar-refractivity contribution in [3.8, 4) is 0 Å². The van der Waals surface area contributed by atoms with Crippen LogP contribution in [-0.4, -0.2) is 4.98 Å². The van der Waals surface area contributed by atoms with Crippen LogP contribution in [0.5, 0.6) is 0 Å². The summed E-state index contributed by atoms with van der Waals surface area (Å²) in [4.78, 5) is 3.26. The highest BCUT2D eigenvalue weighted by Crippen LogP contribution is 2.26. The number of aromatic amines is 1. The first-order chi connectivity index (χ1) is 7.18. The van der Waals surface area contributed by atoms with Crippen LogP contribution in [0.4, 0.5) is 0 Å². The first kappa shape index (κ1) is 10.2. The molecule has 0 aliphatic heterocycles. The van der Waals surface area contributed by atoms with Crippen LogP contribution in [0.15, 0.2) is 30.5 Å². The summed E-state index contributed by atoms with van der Waals surface area (Å²) in [7, 11) is 0. The van der Waals surface area contributed by atoms with Gasteiger partial charge in [0.1, 0.15) is 0 Å². The van der Waals surface area contributed by atoms with Gasteiger partial charge in [-0.3, -0.25) is 0 Å². The number of hydrogen-bond donors (Lipinski definition) is 2. The van der Waals surface area contributed by atoms with Crippen molar-refractivity contribution in [2.24, 2.45) is 11.7 Å². The molecule has 1 atom stereocenters. The molecule has 0 saturated heterocycles. The Bertz CT molecular complexity index is 442. The predicted octanol–water partition coefficient (Wildman–Crippen LogP) is 3.21. The molecule has 80 valence electrons. The molecule has 1 heterocycles. The van der Waals surface area contributed by atoms with Gasteiger partial charge in [-0.15, -0.1) is 0 Å². The van der Waals surface area contributed by atoms with Gasteiger partial charge in [0.05, 0.1) is 0 Å². The molecule has 0 spiro atoms. The largest absolute Gasteiger partial charge is 0.361 e. The van der Waals surface area contributed by atoms with Crippen molar-refractivity contribution in [3.05, 3.63) is 36.0 Å². The summed E-state index contributed by atoms with van der Waals surface area (Å²) in [6.07, 6.45) is 3.07. The molecule has 1 aromatic carbocycles. The van der Waals surface area contributed by atoms with Gasteiger partial charge < -0.3 is 10.7 Å². The minimum atomic E-state index is 0.140.